The molecule has 106 valence electrons. The lowest BCUT2D eigenvalue weighted by molar-refractivity contribution is 0.179. The smallest absolute Gasteiger partial charge is 0.229 e. The average molecular weight is 265 g/mol. The van der Waals surface area contributed by atoms with Gasteiger partial charge in [-0.05, 0) is 45.2 Å². The molecule has 5 nitrogen and oxygen atoms in total. The van der Waals surface area contributed by atoms with Gasteiger partial charge in [0, 0.05) is 19.1 Å². The molecule has 0 spiro atoms. The van der Waals surface area contributed by atoms with E-state index in [0.29, 0.717) is 5.92 Å². The van der Waals surface area contributed by atoms with Gasteiger partial charge in [-0.1, -0.05) is 11.6 Å². The van der Waals surface area contributed by atoms with Crippen molar-refractivity contribution in [2.75, 3.05) is 26.8 Å². The second-order valence-corrected chi connectivity index (χ2v) is 5.93. The molecule has 5 heteroatoms. The van der Waals surface area contributed by atoms with E-state index < -0.39 is 0 Å². The summed E-state index contributed by atoms with van der Waals surface area (Å²) in [5.74, 6) is 2.94. The fourth-order valence-electron chi connectivity index (χ4n) is 2.69. The highest BCUT2D eigenvalue weighted by Gasteiger charge is 2.25. The van der Waals surface area contributed by atoms with Crippen molar-refractivity contribution in [3.8, 4) is 0 Å². The molecule has 1 saturated heterocycles. The molecule has 0 aromatic carbocycles. The zero-order valence-electron chi connectivity index (χ0n) is 11.7. The van der Waals surface area contributed by atoms with Crippen molar-refractivity contribution in [1.82, 2.24) is 15.0 Å². The summed E-state index contributed by atoms with van der Waals surface area (Å²) in [5.41, 5.74) is 0. The first-order valence-corrected chi connectivity index (χ1v) is 7.40. The highest BCUT2D eigenvalue weighted by atomic mass is 16.5. The van der Waals surface area contributed by atoms with Gasteiger partial charge in [-0.15, -0.1) is 0 Å². The largest absolute Gasteiger partial charge is 0.381 e. The second kappa shape index (κ2) is 6.01. The van der Waals surface area contributed by atoms with Gasteiger partial charge in [-0.3, -0.25) is 4.90 Å². The molecule has 0 amide bonds. The third-order valence-electron chi connectivity index (χ3n) is 4.29. The van der Waals surface area contributed by atoms with Crippen LogP contribution in [0.25, 0.3) is 0 Å². The van der Waals surface area contributed by atoms with Gasteiger partial charge in [0.15, 0.2) is 5.82 Å². The van der Waals surface area contributed by atoms with Crippen molar-refractivity contribution < 1.29 is 9.26 Å². The van der Waals surface area contributed by atoms with Crippen LogP contribution >= 0.6 is 0 Å². The van der Waals surface area contributed by atoms with Gasteiger partial charge in [-0.25, -0.2) is 0 Å². The van der Waals surface area contributed by atoms with Crippen LogP contribution in [0.4, 0.5) is 0 Å². The van der Waals surface area contributed by atoms with Crippen molar-refractivity contribution in [1.29, 1.82) is 0 Å². The summed E-state index contributed by atoms with van der Waals surface area (Å²) in [6.45, 7) is 3.72. The van der Waals surface area contributed by atoms with E-state index in [9.17, 15) is 0 Å². The van der Waals surface area contributed by atoms with Gasteiger partial charge in [0.1, 0.15) is 0 Å². The van der Waals surface area contributed by atoms with Crippen LogP contribution in [0.15, 0.2) is 4.52 Å². The lowest BCUT2D eigenvalue weighted by Gasteiger charge is -2.20. The topological polar surface area (TPSA) is 51.4 Å². The summed E-state index contributed by atoms with van der Waals surface area (Å²) in [6, 6.07) is 0. The second-order valence-electron chi connectivity index (χ2n) is 5.93. The van der Waals surface area contributed by atoms with E-state index in [-0.39, 0.29) is 0 Å². The zero-order valence-corrected chi connectivity index (χ0v) is 11.7. The van der Waals surface area contributed by atoms with E-state index in [1.807, 2.05) is 0 Å². The Hall–Kier alpha value is -0.940. The van der Waals surface area contributed by atoms with Crippen molar-refractivity contribution in [3.05, 3.63) is 11.7 Å². The number of aromatic nitrogens is 2. The molecular formula is C14H23N3O2. The van der Waals surface area contributed by atoms with Gasteiger partial charge in [-0.2, -0.15) is 4.98 Å². The first-order valence-electron chi connectivity index (χ1n) is 7.40. The average Bonchev–Trinajstić information content (AvgIpc) is 2.96. The molecule has 0 unspecified atom stereocenters. The zero-order chi connectivity index (χ0) is 13.1. The van der Waals surface area contributed by atoms with Crippen molar-refractivity contribution in [2.24, 2.45) is 5.92 Å². The van der Waals surface area contributed by atoms with Crippen LogP contribution in [-0.2, 0) is 11.3 Å². The van der Waals surface area contributed by atoms with E-state index in [1.165, 1.54) is 32.1 Å². The van der Waals surface area contributed by atoms with Gasteiger partial charge >= 0.3 is 0 Å². The first-order chi connectivity index (χ1) is 9.31. The van der Waals surface area contributed by atoms with Crippen LogP contribution in [0.5, 0.6) is 0 Å². The van der Waals surface area contributed by atoms with E-state index in [0.717, 1.165) is 43.9 Å². The Morgan fingerprint density at radius 3 is 2.89 bits per heavy atom. The minimum absolute atomic E-state index is 0.530. The number of hydrogen-bond acceptors (Lipinski definition) is 5. The van der Waals surface area contributed by atoms with Crippen LogP contribution < -0.4 is 0 Å². The quantitative estimate of drug-likeness (QED) is 0.789. The Morgan fingerprint density at radius 2 is 2.21 bits per heavy atom. The van der Waals surface area contributed by atoms with E-state index >= 15 is 0 Å². The fraction of sp³-hybridized carbons (Fsp3) is 0.857. The van der Waals surface area contributed by atoms with Crippen LogP contribution in [0, 0.1) is 5.92 Å². The summed E-state index contributed by atoms with van der Waals surface area (Å²) in [6.07, 6.45) is 6.12. The van der Waals surface area contributed by atoms with Gasteiger partial charge in [0.2, 0.25) is 5.89 Å². The third-order valence-corrected chi connectivity index (χ3v) is 4.29. The Morgan fingerprint density at radius 1 is 1.32 bits per heavy atom. The van der Waals surface area contributed by atoms with E-state index in [4.69, 9.17) is 9.26 Å². The van der Waals surface area contributed by atoms with Crippen molar-refractivity contribution in [3.63, 3.8) is 0 Å². The highest BCUT2D eigenvalue weighted by molar-refractivity contribution is 4.98. The third kappa shape index (κ3) is 3.34. The van der Waals surface area contributed by atoms with Gasteiger partial charge in [0.05, 0.1) is 6.54 Å². The minimum atomic E-state index is 0.530. The number of nitrogens with zero attached hydrogens (tertiary/aromatic N) is 3. The Bertz CT molecular complexity index is 397. The molecule has 0 radical (unpaired) electrons. The molecular weight excluding hydrogens is 242 g/mol. The molecule has 1 aliphatic carbocycles. The molecule has 2 fully saturated rings. The van der Waals surface area contributed by atoms with Crippen LogP contribution in [0.1, 0.15) is 49.7 Å². The maximum absolute atomic E-state index is 5.40. The lowest BCUT2D eigenvalue weighted by atomic mass is 9.85. The molecule has 1 aliphatic heterocycles. The molecule has 1 aromatic rings. The number of rotatable bonds is 6. The maximum Gasteiger partial charge on any atom is 0.229 e. The maximum atomic E-state index is 5.40. The predicted octanol–water partition coefficient (Wildman–Crippen LogP) is 2.20. The summed E-state index contributed by atoms with van der Waals surface area (Å²) >= 11 is 0. The molecule has 2 aliphatic rings. The molecule has 1 aromatic heterocycles. The van der Waals surface area contributed by atoms with Crippen LogP contribution in [0.3, 0.4) is 0 Å². The predicted molar refractivity (Wildman–Crippen MR) is 70.8 cm³/mol. The Labute approximate surface area is 114 Å². The molecule has 1 saturated carbocycles. The molecule has 19 heavy (non-hydrogen) atoms. The van der Waals surface area contributed by atoms with Crippen molar-refractivity contribution >= 4 is 0 Å². The standard InChI is InChI=1S/C14H23N3O2/c1-17(7-5-11-6-8-18-10-11)9-13-15-14(19-16-13)12-3-2-4-12/h11-12H,2-10H2,1H3/t11-/m1/s1. The molecule has 3 rings (SSSR count). The number of hydrogen-bond donors (Lipinski definition) is 0. The molecule has 0 N–H and O–H groups in total. The van der Waals surface area contributed by atoms with Crippen LogP contribution in [-0.4, -0.2) is 41.8 Å². The normalized spacial score (nSPS) is 24.0. The number of ether oxygens (including phenoxy) is 1. The molecule has 2 heterocycles. The molecule has 0 bridgehead atoms. The fourth-order valence-corrected chi connectivity index (χ4v) is 2.69. The Kier molecular flexibility index (Phi) is 4.13. The van der Waals surface area contributed by atoms with Crippen LogP contribution in [0.2, 0.25) is 0 Å². The van der Waals surface area contributed by atoms with E-state index in [1.54, 1.807) is 0 Å². The highest BCUT2D eigenvalue weighted by Crippen LogP contribution is 2.35. The first kappa shape index (κ1) is 13.1. The monoisotopic (exact) mass is 265 g/mol. The summed E-state index contributed by atoms with van der Waals surface area (Å²) in [4.78, 5) is 6.78. The minimum Gasteiger partial charge on any atom is -0.381 e. The van der Waals surface area contributed by atoms with E-state index in [2.05, 4.69) is 22.1 Å². The van der Waals surface area contributed by atoms with Crippen molar-refractivity contribution in [2.45, 2.75) is 44.6 Å². The molecule has 1 atom stereocenters. The summed E-state index contributed by atoms with van der Waals surface area (Å²) < 4.78 is 10.7. The lowest BCUT2D eigenvalue weighted by Crippen LogP contribution is -2.22. The SMILES string of the molecule is CN(CC[C@@H]1CCOC1)Cc1noc(C2CCC2)n1. The summed E-state index contributed by atoms with van der Waals surface area (Å²) in [7, 11) is 2.12. The Balaban J connectivity index is 1.43. The van der Waals surface area contributed by atoms with Gasteiger partial charge < -0.3 is 9.26 Å². The van der Waals surface area contributed by atoms with Gasteiger partial charge in [0.25, 0.3) is 0 Å². The summed E-state index contributed by atoms with van der Waals surface area (Å²) in [5, 5.41) is 4.09.